The van der Waals surface area contributed by atoms with E-state index in [0.717, 1.165) is 69.6 Å². The number of nitrogens with zero attached hydrogens (tertiary/aromatic N) is 5. The van der Waals surface area contributed by atoms with Crippen LogP contribution in [-0.2, 0) is 6.54 Å². The van der Waals surface area contributed by atoms with E-state index in [1.54, 1.807) is 0 Å². The summed E-state index contributed by atoms with van der Waals surface area (Å²) in [7, 11) is 2.17. The van der Waals surface area contributed by atoms with Crippen molar-refractivity contribution in [2.24, 2.45) is 4.99 Å². The number of anilines is 1. The topological polar surface area (TPSA) is 47.0 Å². The lowest BCUT2D eigenvalue weighted by atomic mass is 10.00. The van der Waals surface area contributed by atoms with Crippen LogP contribution in [0.3, 0.4) is 0 Å². The van der Waals surface area contributed by atoms with Gasteiger partial charge in [0.25, 0.3) is 0 Å². The Labute approximate surface area is 186 Å². The van der Waals surface area contributed by atoms with Crippen LogP contribution >= 0.6 is 0 Å². The summed E-state index contributed by atoms with van der Waals surface area (Å²) in [6.07, 6.45) is 5.35. The number of nitrogens with one attached hydrogen (secondary N) is 1. The van der Waals surface area contributed by atoms with Crippen LogP contribution in [0, 0.1) is 0 Å². The molecular formula is C25H34N6. The highest BCUT2D eigenvalue weighted by atomic mass is 15.3. The maximum Gasteiger partial charge on any atom is 0.194 e. The Bertz CT molecular complexity index is 882. The first-order valence-corrected chi connectivity index (χ1v) is 11.4. The number of likely N-dealkylation sites (N-methyl/N-ethyl adjacent to an activating group) is 1. The summed E-state index contributed by atoms with van der Waals surface area (Å²) in [4.78, 5) is 16.7. The van der Waals surface area contributed by atoms with E-state index in [2.05, 4.69) is 82.5 Å². The molecule has 2 aromatic rings. The lowest BCUT2D eigenvalue weighted by molar-refractivity contribution is 0.312. The summed E-state index contributed by atoms with van der Waals surface area (Å²) in [5, 5.41) is 3.46. The Hall–Kier alpha value is -2.86. The number of hydrogen-bond acceptors (Lipinski definition) is 4. The van der Waals surface area contributed by atoms with Crippen molar-refractivity contribution in [1.29, 1.82) is 0 Å². The van der Waals surface area contributed by atoms with Crippen molar-refractivity contribution in [2.45, 2.75) is 19.9 Å². The zero-order valence-corrected chi connectivity index (χ0v) is 18.8. The average Bonchev–Trinajstić information content (AvgIpc) is 2.83. The van der Waals surface area contributed by atoms with Gasteiger partial charge in [-0.25, -0.2) is 9.98 Å². The molecule has 1 aromatic carbocycles. The Balaban J connectivity index is 1.37. The van der Waals surface area contributed by atoms with Gasteiger partial charge in [0, 0.05) is 52.0 Å². The third kappa shape index (κ3) is 5.64. The van der Waals surface area contributed by atoms with Gasteiger partial charge in [-0.2, -0.15) is 0 Å². The molecule has 0 unspecified atom stereocenters. The van der Waals surface area contributed by atoms with E-state index in [-0.39, 0.29) is 0 Å². The first-order chi connectivity index (χ1) is 15.2. The summed E-state index contributed by atoms with van der Waals surface area (Å²) in [5.74, 6) is 2.05. The Morgan fingerprint density at radius 1 is 1.03 bits per heavy atom. The molecule has 1 saturated heterocycles. The minimum atomic E-state index is 0.643. The van der Waals surface area contributed by atoms with Gasteiger partial charge in [0.05, 0.1) is 6.54 Å². The van der Waals surface area contributed by atoms with E-state index in [4.69, 9.17) is 9.98 Å². The van der Waals surface area contributed by atoms with Crippen molar-refractivity contribution in [3.63, 3.8) is 0 Å². The van der Waals surface area contributed by atoms with Crippen LogP contribution < -0.4 is 10.2 Å². The standard InChI is InChI=1S/C25H34N6/c1-3-26-25(31-13-11-23(12-14-31)22-7-5-4-6-8-22)28-20-21-9-10-24(27-19-21)30-17-15-29(2)16-18-30/h4-11,19H,3,12-18,20H2,1-2H3,(H,26,28). The number of aliphatic imine (C=N–C) groups is 1. The van der Waals surface area contributed by atoms with Crippen LogP contribution in [0.15, 0.2) is 59.7 Å². The van der Waals surface area contributed by atoms with E-state index in [1.807, 2.05) is 6.20 Å². The molecule has 6 nitrogen and oxygen atoms in total. The zero-order chi connectivity index (χ0) is 21.5. The fourth-order valence-corrected chi connectivity index (χ4v) is 4.10. The predicted molar refractivity (Wildman–Crippen MR) is 129 cm³/mol. The average molecular weight is 419 g/mol. The highest BCUT2D eigenvalue weighted by Gasteiger charge is 2.17. The number of piperazine rings is 1. The van der Waals surface area contributed by atoms with E-state index in [0.29, 0.717) is 6.54 Å². The minimum absolute atomic E-state index is 0.643. The summed E-state index contributed by atoms with van der Waals surface area (Å²) in [5.41, 5.74) is 3.90. The third-order valence-electron chi connectivity index (χ3n) is 6.04. The quantitative estimate of drug-likeness (QED) is 0.597. The van der Waals surface area contributed by atoms with Crippen molar-refractivity contribution in [1.82, 2.24) is 20.1 Å². The maximum absolute atomic E-state index is 4.90. The first kappa shape index (κ1) is 21.4. The number of benzene rings is 1. The molecule has 1 N–H and O–H groups in total. The van der Waals surface area contributed by atoms with Gasteiger partial charge in [-0.1, -0.05) is 42.5 Å². The number of guanidine groups is 1. The van der Waals surface area contributed by atoms with Gasteiger partial charge in [0.2, 0.25) is 0 Å². The van der Waals surface area contributed by atoms with Gasteiger partial charge < -0.3 is 20.0 Å². The fourth-order valence-electron chi connectivity index (χ4n) is 4.10. The normalized spacial score (nSPS) is 18.1. The van der Waals surface area contributed by atoms with Gasteiger partial charge in [0.1, 0.15) is 5.82 Å². The molecule has 2 aliphatic rings. The number of hydrogen-bond donors (Lipinski definition) is 1. The number of pyridine rings is 1. The Morgan fingerprint density at radius 3 is 2.48 bits per heavy atom. The molecule has 2 aliphatic heterocycles. The largest absolute Gasteiger partial charge is 0.356 e. The van der Waals surface area contributed by atoms with Crippen molar-refractivity contribution in [3.8, 4) is 0 Å². The van der Waals surface area contributed by atoms with Crippen LogP contribution in [0.2, 0.25) is 0 Å². The van der Waals surface area contributed by atoms with Gasteiger partial charge in [-0.15, -0.1) is 0 Å². The third-order valence-corrected chi connectivity index (χ3v) is 6.04. The molecule has 0 atom stereocenters. The molecule has 1 fully saturated rings. The summed E-state index contributed by atoms with van der Waals surface area (Å²) < 4.78 is 0. The van der Waals surface area contributed by atoms with Crippen LogP contribution in [0.5, 0.6) is 0 Å². The van der Waals surface area contributed by atoms with Gasteiger partial charge in [0.15, 0.2) is 5.96 Å². The SMILES string of the molecule is CCNC(=NCc1ccc(N2CCN(C)CC2)nc1)N1CC=C(c2ccccc2)CC1. The second kappa shape index (κ2) is 10.4. The van der Waals surface area contributed by atoms with Crippen molar-refractivity contribution >= 4 is 17.4 Å². The second-order valence-electron chi connectivity index (χ2n) is 8.28. The molecule has 0 radical (unpaired) electrons. The van der Waals surface area contributed by atoms with Gasteiger partial charge in [-0.05, 0) is 43.2 Å². The molecule has 0 spiro atoms. The summed E-state index contributed by atoms with van der Waals surface area (Å²) in [6, 6.07) is 15.0. The molecule has 0 saturated carbocycles. The second-order valence-corrected chi connectivity index (χ2v) is 8.28. The predicted octanol–water partition coefficient (Wildman–Crippen LogP) is 3.09. The molecule has 4 rings (SSSR count). The maximum atomic E-state index is 4.90. The van der Waals surface area contributed by atoms with E-state index in [1.165, 1.54) is 11.1 Å². The Kier molecular flexibility index (Phi) is 7.20. The smallest absolute Gasteiger partial charge is 0.194 e. The number of aromatic nitrogens is 1. The minimum Gasteiger partial charge on any atom is -0.356 e. The van der Waals surface area contributed by atoms with Crippen LogP contribution in [0.25, 0.3) is 5.57 Å². The molecule has 6 heteroatoms. The van der Waals surface area contributed by atoms with Crippen LogP contribution in [0.1, 0.15) is 24.5 Å². The molecule has 164 valence electrons. The fraction of sp³-hybridized carbons (Fsp3) is 0.440. The summed E-state index contributed by atoms with van der Waals surface area (Å²) in [6.45, 7) is 9.76. The Morgan fingerprint density at radius 2 is 1.84 bits per heavy atom. The van der Waals surface area contributed by atoms with Crippen molar-refractivity contribution in [3.05, 3.63) is 65.9 Å². The highest BCUT2D eigenvalue weighted by molar-refractivity contribution is 5.81. The zero-order valence-electron chi connectivity index (χ0n) is 18.8. The lowest BCUT2D eigenvalue weighted by Gasteiger charge is -2.33. The van der Waals surface area contributed by atoms with E-state index in [9.17, 15) is 0 Å². The van der Waals surface area contributed by atoms with E-state index >= 15 is 0 Å². The summed E-state index contributed by atoms with van der Waals surface area (Å²) >= 11 is 0. The van der Waals surface area contributed by atoms with Crippen LogP contribution in [0.4, 0.5) is 5.82 Å². The van der Waals surface area contributed by atoms with Crippen LogP contribution in [-0.4, -0.2) is 73.6 Å². The number of rotatable bonds is 5. The molecule has 3 heterocycles. The van der Waals surface area contributed by atoms with Gasteiger partial charge in [-0.3, -0.25) is 0 Å². The molecular weight excluding hydrogens is 384 g/mol. The first-order valence-electron chi connectivity index (χ1n) is 11.4. The highest BCUT2D eigenvalue weighted by Crippen LogP contribution is 2.22. The monoisotopic (exact) mass is 418 g/mol. The lowest BCUT2D eigenvalue weighted by Crippen LogP contribution is -2.44. The molecule has 0 bridgehead atoms. The van der Waals surface area contributed by atoms with E-state index < -0.39 is 0 Å². The van der Waals surface area contributed by atoms with Crippen molar-refractivity contribution < 1.29 is 0 Å². The van der Waals surface area contributed by atoms with Gasteiger partial charge >= 0.3 is 0 Å². The molecule has 0 aliphatic carbocycles. The van der Waals surface area contributed by atoms with Crippen molar-refractivity contribution in [2.75, 3.05) is 57.8 Å². The molecule has 0 amide bonds. The molecule has 31 heavy (non-hydrogen) atoms. The molecule has 1 aromatic heterocycles.